The van der Waals surface area contributed by atoms with E-state index in [4.69, 9.17) is 16.3 Å². The van der Waals surface area contributed by atoms with E-state index in [1.807, 2.05) is 24.3 Å². The largest absolute Gasteiger partial charge is 0.389 e. The van der Waals surface area contributed by atoms with E-state index < -0.39 is 6.10 Å². The van der Waals surface area contributed by atoms with E-state index in [0.29, 0.717) is 25.2 Å². The van der Waals surface area contributed by atoms with Crippen LogP contribution in [0.2, 0.25) is 5.02 Å². The lowest BCUT2D eigenvalue weighted by Gasteiger charge is -2.17. The summed E-state index contributed by atoms with van der Waals surface area (Å²) in [7, 11) is 0. The third kappa shape index (κ3) is 5.95. The molecule has 1 unspecified atom stereocenters. The summed E-state index contributed by atoms with van der Waals surface area (Å²) in [6.07, 6.45) is 4.75. The van der Waals surface area contributed by atoms with Crippen molar-refractivity contribution in [3.8, 4) is 0 Å². The maximum atomic E-state index is 9.91. The van der Waals surface area contributed by atoms with Crippen LogP contribution in [0, 0.1) is 5.41 Å². The van der Waals surface area contributed by atoms with Crippen LogP contribution in [-0.4, -0.2) is 30.9 Å². The lowest BCUT2D eigenvalue weighted by atomic mass is 10.0. The molecule has 21 heavy (non-hydrogen) atoms. The molecule has 1 aromatic rings. The number of ether oxygens (including phenoxy) is 1. The molecule has 0 heterocycles. The van der Waals surface area contributed by atoms with Crippen LogP contribution >= 0.6 is 11.6 Å². The molecule has 1 aliphatic rings. The molecule has 0 bridgehead atoms. The van der Waals surface area contributed by atoms with Gasteiger partial charge in [-0.05, 0) is 42.4 Å². The van der Waals surface area contributed by atoms with Gasteiger partial charge in [0.2, 0.25) is 0 Å². The Morgan fingerprint density at radius 1 is 1.33 bits per heavy atom. The summed E-state index contributed by atoms with van der Waals surface area (Å²) >= 11 is 5.83. The first kappa shape index (κ1) is 16.8. The summed E-state index contributed by atoms with van der Waals surface area (Å²) in [6.45, 7) is 4.73. The van der Waals surface area contributed by atoms with E-state index in [9.17, 15) is 5.11 Å². The van der Waals surface area contributed by atoms with Gasteiger partial charge in [0.25, 0.3) is 0 Å². The molecule has 2 N–H and O–H groups in total. The number of hydrogen-bond acceptors (Lipinski definition) is 3. The van der Waals surface area contributed by atoms with Crippen molar-refractivity contribution >= 4 is 11.6 Å². The number of aliphatic hydroxyl groups is 1. The van der Waals surface area contributed by atoms with Gasteiger partial charge in [-0.15, -0.1) is 0 Å². The topological polar surface area (TPSA) is 41.5 Å². The molecule has 1 aliphatic carbocycles. The van der Waals surface area contributed by atoms with Gasteiger partial charge in [0, 0.05) is 18.1 Å². The highest BCUT2D eigenvalue weighted by Gasteiger charge is 2.40. The van der Waals surface area contributed by atoms with Crippen LogP contribution in [0.15, 0.2) is 24.3 Å². The van der Waals surface area contributed by atoms with Crippen LogP contribution in [0.1, 0.15) is 38.2 Å². The molecule has 0 radical (unpaired) electrons. The predicted molar refractivity (Wildman–Crippen MR) is 86.6 cm³/mol. The zero-order valence-corrected chi connectivity index (χ0v) is 13.5. The lowest BCUT2D eigenvalue weighted by Crippen LogP contribution is -2.34. The van der Waals surface area contributed by atoms with E-state index in [-0.39, 0.29) is 0 Å². The highest BCUT2D eigenvalue weighted by atomic mass is 35.5. The molecule has 1 aromatic carbocycles. The summed E-state index contributed by atoms with van der Waals surface area (Å²) < 4.78 is 5.53. The van der Waals surface area contributed by atoms with Crippen molar-refractivity contribution in [2.75, 3.05) is 19.7 Å². The molecule has 2 rings (SSSR count). The van der Waals surface area contributed by atoms with Crippen LogP contribution in [0.5, 0.6) is 0 Å². The molecular weight excluding hydrogens is 286 g/mol. The molecule has 0 amide bonds. The Hall–Kier alpha value is -0.610. The molecule has 1 saturated carbocycles. The van der Waals surface area contributed by atoms with Crippen LogP contribution < -0.4 is 5.32 Å². The normalized spacial score (nSPS) is 17.7. The fourth-order valence-corrected chi connectivity index (χ4v) is 2.80. The van der Waals surface area contributed by atoms with Crippen molar-refractivity contribution in [1.82, 2.24) is 5.32 Å². The third-order valence-electron chi connectivity index (χ3n) is 4.11. The Morgan fingerprint density at radius 2 is 2.05 bits per heavy atom. The minimum absolute atomic E-state index is 0.358. The molecule has 0 aliphatic heterocycles. The molecule has 0 saturated heterocycles. The third-order valence-corrected chi connectivity index (χ3v) is 4.36. The van der Waals surface area contributed by atoms with Gasteiger partial charge in [0.1, 0.15) is 0 Å². The summed E-state index contributed by atoms with van der Waals surface area (Å²) in [5.41, 5.74) is 1.60. The first-order chi connectivity index (χ1) is 10.1. The first-order valence-corrected chi connectivity index (χ1v) is 8.22. The second-order valence-corrected chi connectivity index (χ2v) is 6.61. The van der Waals surface area contributed by atoms with Crippen molar-refractivity contribution in [3.05, 3.63) is 34.9 Å². The minimum Gasteiger partial charge on any atom is -0.389 e. The summed E-state index contributed by atoms with van der Waals surface area (Å²) in [4.78, 5) is 0. The Bertz CT molecular complexity index is 417. The SMILES string of the molecule is CCCC1(CNCC(O)COCc2ccc(Cl)cc2)CC1. The quantitative estimate of drug-likeness (QED) is 0.696. The molecular formula is C17H26ClNO2. The monoisotopic (exact) mass is 311 g/mol. The van der Waals surface area contributed by atoms with Crippen LogP contribution in [0.4, 0.5) is 0 Å². The van der Waals surface area contributed by atoms with E-state index >= 15 is 0 Å². The molecule has 0 aromatic heterocycles. The fourth-order valence-electron chi connectivity index (χ4n) is 2.68. The molecule has 118 valence electrons. The summed E-state index contributed by atoms with van der Waals surface area (Å²) in [5.74, 6) is 0. The molecule has 4 heteroatoms. The van der Waals surface area contributed by atoms with Gasteiger partial charge in [-0.1, -0.05) is 37.1 Å². The standard InChI is InChI=1S/C17H26ClNO2/c1-2-7-17(8-9-17)13-19-10-16(20)12-21-11-14-3-5-15(18)6-4-14/h3-6,16,19-20H,2,7-13H2,1H3. The minimum atomic E-state index is -0.449. The Morgan fingerprint density at radius 3 is 2.67 bits per heavy atom. The van der Waals surface area contributed by atoms with Gasteiger partial charge in [-0.25, -0.2) is 0 Å². The molecule has 1 fully saturated rings. The van der Waals surface area contributed by atoms with E-state index in [2.05, 4.69) is 12.2 Å². The van der Waals surface area contributed by atoms with Crippen molar-refractivity contribution in [2.45, 2.75) is 45.3 Å². The second-order valence-electron chi connectivity index (χ2n) is 6.18. The van der Waals surface area contributed by atoms with Gasteiger partial charge >= 0.3 is 0 Å². The number of rotatable bonds is 10. The maximum absolute atomic E-state index is 9.91. The zero-order valence-electron chi connectivity index (χ0n) is 12.8. The van der Waals surface area contributed by atoms with Gasteiger partial charge in [0.05, 0.1) is 19.3 Å². The van der Waals surface area contributed by atoms with E-state index in [1.165, 1.54) is 25.7 Å². The smallest absolute Gasteiger partial charge is 0.0897 e. The van der Waals surface area contributed by atoms with Crippen molar-refractivity contribution < 1.29 is 9.84 Å². The van der Waals surface area contributed by atoms with Gasteiger partial charge in [-0.2, -0.15) is 0 Å². The van der Waals surface area contributed by atoms with E-state index in [1.54, 1.807) is 0 Å². The van der Waals surface area contributed by atoms with Crippen molar-refractivity contribution in [1.29, 1.82) is 0 Å². The van der Waals surface area contributed by atoms with Crippen LogP contribution in [-0.2, 0) is 11.3 Å². The second kappa shape index (κ2) is 8.14. The lowest BCUT2D eigenvalue weighted by molar-refractivity contribution is 0.0283. The zero-order chi connectivity index (χ0) is 15.1. The van der Waals surface area contributed by atoms with Crippen molar-refractivity contribution in [3.63, 3.8) is 0 Å². The fraction of sp³-hybridized carbons (Fsp3) is 0.647. The summed E-state index contributed by atoms with van der Waals surface area (Å²) in [5, 5.41) is 14.0. The molecule has 3 nitrogen and oxygen atoms in total. The maximum Gasteiger partial charge on any atom is 0.0897 e. The van der Waals surface area contributed by atoms with Crippen molar-refractivity contribution in [2.24, 2.45) is 5.41 Å². The molecule has 0 spiro atoms. The average Bonchev–Trinajstić information content (AvgIpc) is 3.21. The van der Waals surface area contributed by atoms with Crippen LogP contribution in [0.25, 0.3) is 0 Å². The number of nitrogens with one attached hydrogen (secondary N) is 1. The first-order valence-electron chi connectivity index (χ1n) is 7.84. The number of aliphatic hydroxyl groups excluding tert-OH is 1. The van der Waals surface area contributed by atoms with Gasteiger partial charge in [0.15, 0.2) is 0 Å². The molecule has 1 atom stereocenters. The Kier molecular flexibility index (Phi) is 6.49. The van der Waals surface area contributed by atoms with E-state index in [0.717, 1.165) is 17.1 Å². The number of benzene rings is 1. The highest BCUT2D eigenvalue weighted by Crippen LogP contribution is 2.48. The van der Waals surface area contributed by atoms with Crippen LogP contribution in [0.3, 0.4) is 0 Å². The Balaban J connectivity index is 1.55. The van der Waals surface area contributed by atoms with Gasteiger partial charge < -0.3 is 15.2 Å². The number of halogens is 1. The highest BCUT2D eigenvalue weighted by molar-refractivity contribution is 6.30. The average molecular weight is 312 g/mol. The summed E-state index contributed by atoms with van der Waals surface area (Å²) in [6, 6.07) is 7.57. The predicted octanol–water partition coefficient (Wildman–Crippen LogP) is 3.39. The van der Waals surface area contributed by atoms with Gasteiger partial charge in [-0.3, -0.25) is 0 Å². The number of hydrogen-bond donors (Lipinski definition) is 2. The Labute approximate surface area is 132 Å².